The van der Waals surface area contributed by atoms with E-state index in [1.165, 1.54) is 0 Å². The Hall–Kier alpha value is -0.780. The van der Waals surface area contributed by atoms with E-state index in [-0.39, 0.29) is 6.04 Å². The van der Waals surface area contributed by atoms with Crippen molar-refractivity contribution in [2.45, 2.75) is 38.0 Å². The van der Waals surface area contributed by atoms with Crippen molar-refractivity contribution in [2.75, 3.05) is 6.54 Å². The first-order valence-corrected chi connectivity index (χ1v) is 4.54. The minimum Gasteiger partial charge on any atom is -0.344 e. The molecule has 0 aliphatic carbocycles. The number of carbonyl (C=O) groups excluding carboxylic acids is 1. The number of hydrogen-bond acceptors (Lipinski definition) is 2. The lowest BCUT2D eigenvalue weighted by molar-refractivity contribution is -0.174. The van der Waals surface area contributed by atoms with Crippen molar-refractivity contribution in [2.24, 2.45) is 0 Å². The predicted molar refractivity (Wildman–Crippen MR) is 44.7 cm³/mol. The Kier molecular flexibility index (Phi) is 3.36. The van der Waals surface area contributed by atoms with Crippen molar-refractivity contribution < 1.29 is 18.0 Å². The Morgan fingerprint density at radius 3 is 2.64 bits per heavy atom. The third-order valence-corrected chi connectivity index (χ3v) is 2.31. The van der Waals surface area contributed by atoms with Gasteiger partial charge in [-0.2, -0.15) is 13.2 Å². The Morgan fingerprint density at radius 2 is 2.21 bits per heavy atom. The Morgan fingerprint density at radius 1 is 1.57 bits per heavy atom. The fourth-order valence-corrected chi connectivity index (χ4v) is 1.51. The zero-order chi connectivity index (χ0) is 10.8. The molecule has 0 saturated carbocycles. The summed E-state index contributed by atoms with van der Waals surface area (Å²) in [5.74, 6) is -1.85. The van der Waals surface area contributed by atoms with Gasteiger partial charge in [0.05, 0.1) is 0 Å². The topological polar surface area (TPSA) is 41.1 Å². The van der Waals surface area contributed by atoms with Gasteiger partial charge in [-0.05, 0) is 12.8 Å². The molecule has 0 spiro atoms. The molecule has 0 bridgehead atoms. The van der Waals surface area contributed by atoms with E-state index in [1.54, 1.807) is 0 Å². The summed E-state index contributed by atoms with van der Waals surface area (Å²) in [6.45, 7) is 2.37. The molecule has 0 aromatic rings. The van der Waals surface area contributed by atoms with Crippen LogP contribution in [0.15, 0.2) is 0 Å². The van der Waals surface area contributed by atoms with Crippen LogP contribution in [0.5, 0.6) is 0 Å². The van der Waals surface area contributed by atoms with Gasteiger partial charge >= 0.3 is 12.1 Å². The number of hydrogen-bond donors (Lipinski definition) is 2. The van der Waals surface area contributed by atoms with Crippen molar-refractivity contribution >= 4 is 5.91 Å². The van der Waals surface area contributed by atoms with Gasteiger partial charge in [-0.3, -0.25) is 4.79 Å². The van der Waals surface area contributed by atoms with Gasteiger partial charge in [-0.25, -0.2) is 0 Å². The molecule has 1 amide bonds. The lowest BCUT2D eigenvalue weighted by Crippen LogP contribution is -2.43. The van der Waals surface area contributed by atoms with E-state index >= 15 is 0 Å². The van der Waals surface area contributed by atoms with Gasteiger partial charge in [0.15, 0.2) is 0 Å². The van der Waals surface area contributed by atoms with Gasteiger partial charge in [-0.1, -0.05) is 6.92 Å². The van der Waals surface area contributed by atoms with E-state index in [4.69, 9.17) is 0 Å². The molecular formula is C8H13F3N2O. The van der Waals surface area contributed by atoms with Gasteiger partial charge < -0.3 is 10.6 Å². The van der Waals surface area contributed by atoms with Crippen molar-refractivity contribution in [3.63, 3.8) is 0 Å². The summed E-state index contributed by atoms with van der Waals surface area (Å²) in [7, 11) is 0. The third-order valence-electron chi connectivity index (χ3n) is 2.31. The monoisotopic (exact) mass is 210 g/mol. The highest BCUT2D eigenvalue weighted by molar-refractivity contribution is 5.82. The maximum atomic E-state index is 11.8. The van der Waals surface area contributed by atoms with Crippen LogP contribution in [0.25, 0.3) is 0 Å². The molecule has 1 heterocycles. The van der Waals surface area contributed by atoms with Crippen LogP contribution >= 0.6 is 0 Å². The summed E-state index contributed by atoms with van der Waals surface area (Å²) in [5.41, 5.74) is 0. The molecular weight excluding hydrogens is 197 g/mol. The van der Waals surface area contributed by atoms with Crippen LogP contribution in [0.4, 0.5) is 13.2 Å². The van der Waals surface area contributed by atoms with Crippen LogP contribution in [-0.4, -0.2) is 30.7 Å². The first-order valence-electron chi connectivity index (χ1n) is 4.54. The first kappa shape index (κ1) is 11.3. The highest BCUT2D eigenvalue weighted by atomic mass is 19.4. The van der Waals surface area contributed by atoms with Crippen LogP contribution in [0.3, 0.4) is 0 Å². The fraction of sp³-hybridized carbons (Fsp3) is 0.875. The van der Waals surface area contributed by atoms with Gasteiger partial charge in [0.1, 0.15) is 0 Å². The average molecular weight is 210 g/mol. The van der Waals surface area contributed by atoms with Crippen LogP contribution < -0.4 is 10.6 Å². The molecule has 0 aromatic heterocycles. The molecule has 0 radical (unpaired) electrons. The second-order valence-corrected chi connectivity index (χ2v) is 3.42. The zero-order valence-electron chi connectivity index (χ0n) is 7.82. The lowest BCUT2D eigenvalue weighted by atomic mass is 10.1. The first-order chi connectivity index (χ1) is 6.43. The highest BCUT2D eigenvalue weighted by Gasteiger charge is 2.40. The molecule has 1 rings (SSSR count). The van der Waals surface area contributed by atoms with Crippen molar-refractivity contribution in [1.29, 1.82) is 0 Å². The van der Waals surface area contributed by atoms with E-state index in [0.717, 1.165) is 6.42 Å². The molecule has 6 heteroatoms. The molecule has 1 saturated heterocycles. The lowest BCUT2D eigenvalue weighted by Gasteiger charge is -2.13. The van der Waals surface area contributed by atoms with Gasteiger partial charge in [-0.15, -0.1) is 0 Å². The summed E-state index contributed by atoms with van der Waals surface area (Å²) in [4.78, 5) is 10.6. The van der Waals surface area contributed by atoms with E-state index in [2.05, 4.69) is 5.32 Å². The second kappa shape index (κ2) is 4.16. The van der Waals surface area contributed by atoms with Crippen molar-refractivity contribution in [3.8, 4) is 0 Å². The van der Waals surface area contributed by atoms with Crippen molar-refractivity contribution in [3.05, 3.63) is 0 Å². The van der Waals surface area contributed by atoms with Gasteiger partial charge in [0, 0.05) is 18.6 Å². The highest BCUT2D eigenvalue weighted by Crippen LogP contribution is 2.16. The quantitative estimate of drug-likeness (QED) is 0.708. The number of nitrogens with one attached hydrogen (secondary N) is 2. The average Bonchev–Trinajstić information content (AvgIpc) is 2.50. The summed E-state index contributed by atoms with van der Waals surface area (Å²) < 4.78 is 35.5. The van der Waals surface area contributed by atoms with Gasteiger partial charge in [0.2, 0.25) is 0 Å². The van der Waals surface area contributed by atoms with Crippen LogP contribution in [0, 0.1) is 0 Å². The summed E-state index contributed by atoms with van der Waals surface area (Å²) in [6, 6.07) is -0.178. The van der Waals surface area contributed by atoms with Gasteiger partial charge in [0.25, 0.3) is 0 Å². The Bertz CT molecular complexity index is 217. The summed E-state index contributed by atoms with van der Waals surface area (Å²) in [5, 5.41) is 4.99. The van der Waals surface area contributed by atoms with Crippen molar-refractivity contribution in [1.82, 2.24) is 10.6 Å². The minimum atomic E-state index is -4.77. The van der Waals surface area contributed by atoms with E-state index < -0.39 is 18.1 Å². The second-order valence-electron chi connectivity index (χ2n) is 3.42. The number of carbonyl (C=O) groups is 1. The summed E-state index contributed by atoms with van der Waals surface area (Å²) >= 11 is 0. The normalized spacial score (nSPS) is 27.7. The number of halogens is 3. The molecule has 14 heavy (non-hydrogen) atoms. The molecule has 2 atom stereocenters. The number of alkyl halides is 3. The Balaban J connectivity index is 2.36. The maximum Gasteiger partial charge on any atom is 0.471 e. The van der Waals surface area contributed by atoms with E-state index in [9.17, 15) is 18.0 Å². The molecule has 1 aliphatic heterocycles. The molecule has 1 fully saturated rings. The van der Waals surface area contributed by atoms with E-state index in [0.29, 0.717) is 13.0 Å². The molecule has 3 nitrogen and oxygen atoms in total. The maximum absolute atomic E-state index is 11.8. The predicted octanol–water partition coefficient (Wildman–Crippen LogP) is 0.805. The molecule has 82 valence electrons. The summed E-state index contributed by atoms with van der Waals surface area (Å²) in [6.07, 6.45) is -3.35. The fourth-order valence-electron chi connectivity index (χ4n) is 1.51. The molecule has 0 unspecified atom stereocenters. The standard InChI is InChI=1S/C8H13F3N2O/c1-2-5-3-6(4-12-5)13-7(14)8(9,10)11/h5-6,12H,2-4H2,1H3,(H,13,14)/t5-,6+/m1/s1. The van der Waals surface area contributed by atoms with Crippen LogP contribution in [0.1, 0.15) is 19.8 Å². The molecule has 2 N–H and O–H groups in total. The number of rotatable bonds is 2. The molecule has 1 aliphatic rings. The smallest absolute Gasteiger partial charge is 0.344 e. The zero-order valence-corrected chi connectivity index (χ0v) is 7.82. The Labute approximate surface area is 80.0 Å². The largest absolute Gasteiger partial charge is 0.471 e. The SMILES string of the molecule is CC[C@@H]1C[C@H](NC(=O)C(F)(F)F)CN1. The van der Waals surface area contributed by atoms with Crippen LogP contribution in [-0.2, 0) is 4.79 Å². The molecule has 0 aromatic carbocycles. The van der Waals surface area contributed by atoms with E-state index in [1.807, 2.05) is 12.2 Å². The number of amides is 1. The minimum absolute atomic E-state index is 0.216. The third kappa shape index (κ3) is 2.87. The van der Waals surface area contributed by atoms with Crippen LogP contribution in [0.2, 0.25) is 0 Å².